The molecule has 9 aromatic rings. The molecule has 1 spiro atoms. The molecule has 2 heterocycles. The topological polar surface area (TPSA) is 12.5 Å². The number of thiophene rings is 1. The third-order valence-electron chi connectivity index (χ3n) is 16.9. The van der Waals surface area contributed by atoms with Crippen molar-refractivity contribution in [3.63, 3.8) is 0 Å². The van der Waals surface area contributed by atoms with Crippen molar-refractivity contribution in [3.8, 4) is 33.8 Å². The van der Waals surface area contributed by atoms with Crippen LogP contribution in [0.3, 0.4) is 0 Å². The van der Waals surface area contributed by atoms with Gasteiger partial charge in [0, 0.05) is 48.1 Å². The van der Waals surface area contributed by atoms with E-state index in [1.807, 2.05) is 11.3 Å². The van der Waals surface area contributed by atoms with Gasteiger partial charge in [0.05, 0.1) is 11.1 Å². The molecule has 14 rings (SSSR count). The SMILES string of the molecule is CC1(C)c2ccccc2-c2ccc(N(c3ccc4c(c3)C3(c5ccccc5O4)c4cc(C5CCCCC5)ccc4-c4ccc(C5CCCCC5)cc43)c3cccc4sc5ccccc5c34)cc21. The monoisotopic (exact) mass is 885 g/mol. The van der Waals surface area contributed by atoms with Crippen molar-refractivity contribution in [2.24, 2.45) is 0 Å². The van der Waals surface area contributed by atoms with E-state index in [0.29, 0.717) is 11.8 Å². The first kappa shape index (κ1) is 39.7. The van der Waals surface area contributed by atoms with E-state index in [1.165, 1.54) is 163 Å². The minimum atomic E-state index is -0.575. The van der Waals surface area contributed by atoms with E-state index in [-0.39, 0.29) is 5.41 Å². The van der Waals surface area contributed by atoms with Crippen LogP contribution in [0.2, 0.25) is 0 Å². The Morgan fingerprint density at radius 1 is 0.448 bits per heavy atom. The number of para-hydroxylation sites is 1. The van der Waals surface area contributed by atoms with Crippen LogP contribution in [0.1, 0.15) is 134 Å². The van der Waals surface area contributed by atoms with Gasteiger partial charge in [-0.25, -0.2) is 0 Å². The van der Waals surface area contributed by atoms with Crippen LogP contribution in [0.5, 0.6) is 11.5 Å². The third kappa shape index (κ3) is 5.80. The number of fused-ring (bicyclic) bond motifs is 15. The van der Waals surface area contributed by atoms with Gasteiger partial charge in [0.1, 0.15) is 11.5 Å². The van der Waals surface area contributed by atoms with Crippen LogP contribution in [0.25, 0.3) is 42.4 Å². The Bertz CT molecular complexity index is 3400. The van der Waals surface area contributed by atoms with E-state index in [0.717, 1.165) is 17.2 Å². The molecule has 4 aliphatic carbocycles. The molecule has 2 saturated carbocycles. The van der Waals surface area contributed by atoms with Crippen LogP contribution in [0, 0.1) is 0 Å². The second kappa shape index (κ2) is 15.0. The van der Waals surface area contributed by atoms with Gasteiger partial charge in [-0.1, -0.05) is 162 Å². The Hall–Kier alpha value is -6.42. The van der Waals surface area contributed by atoms with E-state index in [2.05, 4.69) is 183 Å². The minimum absolute atomic E-state index is 0.143. The Morgan fingerprint density at radius 3 is 1.73 bits per heavy atom. The summed E-state index contributed by atoms with van der Waals surface area (Å²) in [4.78, 5) is 2.57. The van der Waals surface area contributed by atoms with Crippen molar-refractivity contribution >= 4 is 48.6 Å². The molecule has 2 fully saturated rings. The van der Waals surface area contributed by atoms with Gasteiger partial charge in [0.15, 0.2) is 0 Å². The lowest BCUT2D eigenvalue weighted by molar-refractivity contribution is 0.433. The highest BCUT2D eigenvalue weighted by Crippen LogP contribution is 2.64. The predicted molar refractivity (Wildman–Crippen MR) is 281 cm³/mol. The molecule has 67 heavy (non-hydrogen) atoms. The number of hydrogen-bond acceptors (Lipinski definition) is 3. The van der Waals surface area contributed by atoms with Crippen LogP contribution >= 0.6 is 11.3 Å². The molecule has 0 amide bonds. The van der Waals surface area contributed by atoms with E-state index in [4.69, 9.17) is 4.74 Å². The van der Waals surface area contributed by atoms with Crippen molar-refractivity contribution in [2.45, 2.75) is 101 Å². The van der Waals surface area contributed by atoms with Gasteiger partial charge < -0.3 is 9.64 Å². The summed E-state index contributed by atoms with van der Waals surface area (Å²) in [6.07, 6.45) is 13.0. The fraction of sp³-hybridized carbons (Fsp3) is 0.250. The molecule has 0 unspecified atom stereocenters. The zero-order valence-electron chi connectivity index (χ0n) is 38.6. The van der Waals surface area contributed by atoms with E-state index < -0.39 is 5.41 Å². The fourth-order valence-corrected chi connectivity index (χ4v) is 14.8. The smallest absolute Gasteiger partial charge is 0.132 e. The Morgan fingerprint density at radius 2 is 1.00 bits per heavy atom. The summed E-state index contributed by atoms with van der Waals surface area (Å²) in [5.74, 6) is 3.08. The Balaban J connectivity index is 1.05. The molecule has 1 aromatic heterocycles. The maximum Gasteiger partial charge on any atom is 0.132 e. The maximum absolute atomic E-state index is 7.16. The maximum atomic E-state index is 7.16. The number of benzene rings is 8. The third-order valence-corrected chi connectivity index (χ3v) is 18.1. The van der Waals surface area contributed by atoms with Crippen LogP contribution < -0.4 is 9.64 Å². The predicted octanol–water partition coefficient (Wildman–Crippen LogP) is 18.4. The lowest BCUT2D eigenvalue weighted by Crippen LogP contribution is -2.33. The largest absolute Gasteiger partial charge is 0.457 e. The van der Waals surface area contributed by atoms with Crippen LogP contribution in [-0.2, 0) is 10.8 Å². The fourth-order valence-electron chi connectivity index (χ4n) is 13.7. The van der Waals surface area contributed by atoms with Crippen molar-refractivity contribution in [1.29, 1.82) is 0 Å². The molecular weight excluding hydrogens is 831 g/mol. The molecule has 0 bridgehead atoms. The number of nitrogens with zero attached hydrogens (tertiary/aromatic N) is 1. The number of hydrogen-bond donors (Lipinski definition) is 0. The Kier molecular flexibility index (Phi) is 8.92. The van der Waals surface area contributed by atoms with Gasteiger partial charge in [-0.05, 0) is 148 Å². The van der Waals surface area contributed by atoms with E-state index in [9.17, 15) is 0 Å². The Labute approximate surface area is 398 Å². The summed E-state index contributed by atoms with van der Waals surface area (Å²) < 4.78 is 9.77. The molecule has 0 saturated heterocycles. The average Bonchev–Trinajstić information content (AvgIpc) is 3.98. The van der Waals surface area contributed by atoms with Crippen molar-refractivity contribution < 1.29 is 4.74 Å². The highest BCUT2D eigenvalue weighted by atomic mass is 32.1. The summed E-state index contributed by atoms with van der Waals surface area (Å²) in [5, 5.41) is 2.60. The molecule has 5 aliphatic rings. The molecule has 8 aromatic carbocycles. The molecule has 0 radical (unpaired) electrons. The molecule has 2 nitrogen and oxygen atoms in total. The highest BCUT2D eigenvalue weighted by Gasteiger charge is 2.52. The first-order valence-corrected chi connectivity index (χ1v) is 25.9. The normalized spacial score (nSPS) is 17.6. The number of rotatable bonds is 5. The second-order valence-corrected chi connectivity index (χ2v) is 21.9. The molecule has 0 N–H and O–H groups in total. The number of anilines is 3. The summed E-state index contributed by atoms with van der Waals surface area (Å²) in [7, 11) is 0. The summed E-state index contributed by atoms with van der Waals surface area (Å²) in [5.41, 5.74) is 19.2. The van der Waals surface area contributed by atoms with Crippen LogP contribution in [0.4, 0.5) is 17.1 Å². The highest BCUT2D eigenvalue weighted by molar-refractivity contribution is 7.26. The van der Waals surface area contributed by atoms with Crippen molar-refractivity contribution in [1.82, 2.24) is 0 Å². The van der Waals surface area contributed by atoms with Crippen LogP contribution in [-0.4, -0.2) is 0 Å². The minimum Gasteiger partial charge on any atom is -0.457 e. The lowest BCUT2D eigenvalue weighted by atomic mass is 9.65. The standard InChI is InChI=1S/C64H55NOS/c1-63(2)51-22-11-9-20-46(51)47-34-30-44(38-53(47)63)65(57-24-15-27-61-62(57)50-21-10-14-26-60(50)67-61)45-31-35-59-56(39-45)64(52-23-12-13-25-58(52)66-59)54-36-42(40-16-5-3-6-17-40)28-32-48(54)49-33-29-43(37-55(49)64)41-18-7-4-8-19-41/h9-15,20-41H,3-8,16-19H2,1-2H3. The van der Waals surface area contributed by atoms with Gasteiger partial charge in [0.25, 0.3) is 0 Å². The summed E-state index contributed by atoms with van der Waals surface area (Å²) in [6, 6.07) is 63.5. The van der Waals surface area contributed by atoms with Crippen LogP contribution in [0.15, 0.2) is 164 Å². The zero-order chi connectivity index (χ0) is 44.4. The van der Waals surface area contributed by atoms with Crippen molar-refractivity contribution in [2.75, 3.05) is 4.90 Å². The van der Waals surface area contributed by atoms with Gasteiger partial charge in [-0.3, -0.25) is 0 Å². The summed E-state index contributed by atoms with van der Waals surface area (Å²) in [6.45, 7) is 4.79. The number of ether oxygens (including phenoxy) is 1. The zero-order valence-corrected chi connectivity index (χ0v) is 39.4. The molecule has 3 heteroatoms. The quantitative estimate of drug-likeness (QED) is 0.171. The van der Waals surface area contributed by atoms with Crippen molar-refractivity contribution in [3.05, 3.63) is 208 Å². The van der Waals surface area contributed by atoms with Gasteiger partial charge in [-0.2, -0.15) is 0 Å². The molecular formula is C64H55NOS. The van der Waals surface area contributed by atoms with Gasteiger partial charge in [-0.15, -0.1) is 11.3 Å². The average molecular weight is 886 g/mol. The van der Waals surface area contributed by atoms with E-state index >= 15 is 0 Å². The van der Waals surface area contributed by atoms with Gasteiger partial charge in [0.2, 0.25) is 0 Å². The second-order valence-electron chi connectivity index (χ2n) is 20.8. The first-order chi connectivity index (χ1) is 33.0. The first-order valence-electron chi connectivity index (χ1n) is 25.1. The van der Waals surface area contributed by atoms with E-state index in [1.54, 1.807) is 0 Å². The molecule has 328 valence electrons. The molecule has 0 atom stereocenters. The van der Waals surface area contributed by atoms with Gasteiger partial charge >= 0.3 is 0 Å². The lowest BCUT2D eigenvalue weighted by Gasteiger charge is -2.41. The summed E-state index contributed by atoms with van der Waals surface area (Å²) >= 11 is 1.89. The molecule has 1 aliphatic heterocycles.